The SMILES string of the molecule is CC(Nc1ccc(-c2ccccc2)cc1)c1nccn1C. The van der Waals surface area contributed by atoms with E-state index < -0.39 is 0 Å². The van der Waals surface area contributed by atoms with Gasteiger partial charge in [-0.1, -0.05) is 42.5 Å². The Hall–Kier alpha value is -2.55. The van der Waals surface area contributed by atoms with Crippen LogP contribution in [0.25, 0.3) is 11.1 Å². The lowest BCUT2D eigenvalue weighted by atomic mass is 10.1. The van der Waals surface area contributed by atoms with Gasteiger partial charge >= 0.3 is 0 Å². The van der Waals surface area contributed by atoms with Crippen molar-refractivity contribution in [3.05, 3.63) is 72.8 Å². The molecule has 0 spiro atoms. The molecule has 0 bridgehead atoms. The lowest BCUT2D eigenvalue weighted by molar-refractivity contribution is 0.722. The van der Waals surface area contributed by atoms with Gasteiger partial charge in [0.1, 0.15) is 5.82 Å². The predicted molar refractivity (Wildman–Crippen MR) is 87.1 cm³/mol. The number of anilines is 1. The van der Waals surface area contributed by atoms with Crippen LogP contribution in [0.15, 0.2) is 67.0 Å². The third kappa shape index (κ3) is 2.97. The van der Waals surface area contributed by atoms with Gasteiger partial charge in [-0.05, 0) is 30.2 Å². The van der Waals surface area contributed by atoms with Crippen molar-refractivity contribution in [2.45, 2.75) is 13.0 Å². The van der Waals surface area contributed by atoms with Crippen LogP contribution in [0.5, 0.6) is 0 Å². The van der Waals surface area contributed by atoms with Gasteiger partial charge in [-0.25, -0.2) is 4.98 Å². The summed E-state index contributed by atoms with van der Waals surface area (Å²) >= 11 is 0. The molecule has 3 heteroatoms. The van der Waals surface area contributed by atoms with Gasteiger partial charge in [0.2, 0.25) is 0 Å². The molecule has 3 aromatic rings. The first-order valence-corrected chi connectivity index (χ1v) is 7.13. The summed E-state index contributed by atoms with van der Waals surface area (Å²) in [4.78, 5) is 4.38. The van der Waals surface area contributed by atoms with Crippen LogP contribution in [-0.2, 0) is 7.05 Å². The summed E-state index contributed by atoms with van der Waals surface area (Å²) in [5, 5.41) is 3.48. The van der Waals surface area contributed by atoms with Crippen LogP contribution in [0.2, 0.25) is 0 Å². The topological polar surface area (TPSA) is 29.9 Å². The molecule has 0 saturated heterocycles. The van der Waals surface area contributed by atoms with Crippen molar-refractivity contribution in [1.29, 1.82) is 0 Å². The summed E-state index contributed by atoms with van der Waals surface area (Å²) < 4.78 is 2.04. The molecule has 1 atom stereocenters. The lowest BCUT2D eigenvalue weighted by Gasteiger charge is -2.15. The largest absolute Gasteiger partial charge is 0.375 e. The highest BCUT2D eigenvalue weighted by Crippen LogP contribution is 2.23. The average Bonchev–Trinajstić information content (AvgIpc) is 2.95. The number of hydrogen-bond acceptors (Lipinski definition) is 2. The smallest absolute Gasteiger partial charge is 0.130 e. The lowest BCUT2D eigenvalue weighted by Crippen LogP contribution is -2.11. The van der Waals surface area contributed by atoms with E-state index in [4.69, 9.17) is 0 Å². The first-order valence-electron chi connectivity index (χ1n) is 7.13. The number of rotatable bonds is 4. The van der Waals surface area contributed by atoms with Crippen LogP contribution in [0.4, 0.5) is 5.69 Å². The van der Waals surface area contributed by atoms with Crippen LogP contribution in [0, 0.1) is 0 Å². The first kappa shape index (κ1) is 13.4. The van der Waals surface area contributed by atoms with Crippen molar-refractivity contribution in [2.75, 3.05) is 5.32 Å². The van der Waals surface area contributed by atoms with E-state index in [-0.39, 0.29) is 6.04 Å². The molecular weight excluding hydrogens is 258 g/mol. The van der Waals surface area contributed by atoms with E-state index in [0.717, 1.165) is 11.5 Å². The van der Waals surface area contributed by atoms with Crippen molar-refractivity contribution < 1.29 is 0 Å². The third-order valence-corrected chi connectivity index (χ3v) is 3.62. The molecule has 1 heterocycles. The number of benzene rings is 2. The number of aryl methyl sites for hydroxylation is 1. The van der Waals surface area contributed by atoms with Crippen molar-refractivity contribution >= 4 is 5.69 Å². The molecule has 1 N–H and O–H groups in total. The Morgan fingerprint density at radius 3 is 2.24 bits per heavy atom. The van der Waals surface area contributed by atoms with E-state index in [9.17, 15) is 0 Å². The zero-order chi connectivity index (χ0) is 14.7. The van der Waals surface area contributed by atoms with Crippen LogP contribution in [0.1, 0.15) is 18.8 Å². The Morgan fingerprint density at radius 1 is 0.952 bits per heavy atom. The van der Waals surface area contributed by atoms with E-state index in [0.29, 0.717) is 0 Å². The Kier molecular flexibility index (Phi) is 3.73. The fourth-order valence-electron chi connectivity index (χ4n) is 2.50. The minimum atomic E-state index is 0.174. The molecule has 0 amide bonds. The maximum atomic E-state index is 4.38. The van der Waals surface area contributed by atoms with Gasteiger partial charge in [-0.3, -0.25) is 0 Å². The second-order valence-corrected chi connectivity index (χ2v) is 5.21. The van der Waals surface area contributed by atoms with Crippen molar-refractivity contribution in [2.24, 2.45) is 7.05 Å². The highest BCUT2D eigenvalue weighted by atomic mass is 15.1. The molecule has 0 aliphatic heterocycles. The molecule has 0 aliphatic rings. The second kappa shape index (κ2) is 5.83. The molecule has 21 heavy (non-hydrogen) atoms. The predicted octanol–water partition coefficient (Wildman–Crippen LogP) is 4.26. The molecule has 1 unspecified atom stereocenters. The molecule has 3 nitrogen and oxygen atoms in total. The molecule has 0 fully saturated rings. The molecule has 0 radical (unpaired) electrons. The summed E-state index contributed by atoms with van der Waals surface area (Å²) in [5.74, 6) is 1.03. The minimum absolute atomic E-state index is 0.174. The summed E-state index contributed by atoms with van der Waals surface area (Å²) in [6.07, 6.45) is 3.79. The van der Waals surface area contributed by atoms with Crippen LogP contribution in [0.3, 0.4) is 0 Å². The van der Waals surface area contributed by atoms with E-state index in [2.05, 4.69) is 65.8 Å². The number of imidazole rings is 1. The van der Waals surface area contributed by atoms with E-state index in [1.807, 2.05) is 30.1 Å². The Bertz CT molecular complexity index is 699. The molecule has 3 rings (SSSR count). The zero-order valence-electron chi connectivity index (χ0n) is 12.3. The van der Waals surface area contributed by atoms with Gasteiger partial charge in [0.15, 0.2) is 0 Å². The van der Waals surface area contributed by atoms with Crippen molar-refractivity contribution in [3.8, 4) is 11.1 Å². The maximum absolute atomic E-state index is 4.38. The first-order chi connectivity index (χ1) is 10.2. The number of hydrogen-bond donors (Lipinski definition) is 1. The van der Waals surface area contributed by atoms with Gasteiger partial charge in [-0.2, -0.15) is 0 Å². The molecular formula is C18H19N3. The Balaban J connectivity index is 1.75. The molecule has 0 aliphatic carbocycles. The Labute approximate surface area is 125 Å². The van der Waals surface area contributed by atoms with Gasteiger partial charge in [0.05, 0.1) is 6.04 Å². The number of nitrogens with zero attached hydrogens (tertiary/aromatic N) is 2. The van der Waals surface area contributed by atoms with Crippen LogP contribution < -0.4 is 5.32 Å². The standard InChI is InChI=1S/C18H19N3/c1-14(18-19-12-13-21(18)2)20-17-10-8-16(9-11-17)15-6-4-3-5-7-15/h3-14,20H,1-2H3. The molecule has 2 aromatic carbocycles. The highest BCUT2D eigenvalue weighted by molar-refractivity contribution is 5.65. The van der Waals surface area contributed by atoms with Crippen molar-refractivity contribution in [3.63, 3.8) is 0 Å². The third-order valence-electron chi connectivity index (χ3n) is 3.62. The molecule has 0 saturated carbocycles. The fraction of sp³-hybridized carbons (Fsp3) is 0.167. The summed E-state index contributed by atoms with van der Waals surface area (Å²) in [5.41, 5.74) is 3.57. The van der Waals surface area contributed by atoms with E-state index >= 15 is 0 Å². The Morgan fingerprint density at radius 2 is 1.62 bits per heavy atom. The summed E-state index contributed by atoms with van der Waals surface area (Å²) in [6, 6.07) is 19.1. The van der Waals surface area contributed by atoms with Gasteiger partial charge in [0, 0.05) is 25.1 Å². The second-order valence-electron chi connectivity index (χ2n) is 5.21. The highest BCUT2D eigenvalue weighted by Gasteiger charge is 2.09. The monoisotopic (exact) mass is 277 g/mol. The summed E-state index contributed by atoms with van der Waals surface area (Å²) in [7, 11) is 2.01. The maximum Gasteiger partial charge on any atom is 0.130 e. The van der Waals surface area contributed by atoms with Crippen LogP contribution in [-0.4, -0.2) is 9.55 Å². The van der Waals surface area contributed by atoms with Crippen molar-refractivity contribution in [1.82, 2.24) is 9.55 Å². The quantitative estimate of drug-likeness (QED) is 0.772. The van der Waals surface area contributed by atoms with E-state index in [1.165, 1.54) is 11.1 Å². The summed E-state index contributed by atoms with van der Waals surface area (Å²) in [6.45, 7) is 2.12. The zero-order valence-corrected chi connectivity index (χ0v) is 12.3. The van der Waals surface area contributed by atoms with Gasteiger partial charge < -0.3 is 9.88 Å². The number of aromatic nitrogens is 2. The molecule has 106 valence electrons. The normalized spacial score (nSPS) is 12.1. The fourth-order valence-corrected chi connectivity index (χ4v) is 2.50. The van der Waals surface area contributed by atoms with Gasteiger partial charge in [0.25, 0.3) is 0 Å². The van der Waals surface area contributed by atoms with E-state index in [1.54, 1.807) is 0 Å². The number of nitrogens with one attached hydrogen (secondary N) is 1. The molecule has 1 aromatic heterocycles. The van der Waals surface area contributed by atoms with Crippen LogP contribution >= 0.6 is 0 Å². The minimum Gasteiger partial charge on any atom is -0.375 e. The van der Waals surface area contributed by atoms with Gasteiger partial charge in [-0.15, -0.1) is 0 Å². The average molecular weight is 277 g/mol.